The van der Waals surface area contributed by atoms with Gasteiger partial charge in [-0.05, 0) is 37.6 Å². The van der Waals surface area contributed by atoms with Gasteiger partial charge in [0.05, 0.1) is 23.2 Å². The summed E-state index contributed by atoms with van der Waals surface area (Å²) < 4.78 is 81.4. The molecule has 0 amide bonds. The van der Waals surface area contributed by atoms with Crippen LogP contribution in [0.3, 0.4) is 0 Å². The van der Waals surface area contributed by atoms with Crippen molar-refractivity contribution in [2.24, 2.45) is 5.92 Å². The van der Waals surface area contributed by atoms with Crippen molar-refractivity contribution in [2.45, 2.75) is 32.2 Å². The lowest BCUT2D eigenvalue weighted by atomic mass is 9.99. The zero-order chi connectivity index (χ0) is 28.4. The van der Waals surface area contributed by atoms with Crippen LogP contribution < -0.4 is 10.2 Å². The Labute approximate surface area is 221 Å². The van der Waals surface area contributed by atoms with E-state index in [4.69, 9.17) is 11.6 Å². The Bertz CT molecular complexity index is 1610. The molecule has 1 aliphatic rings. The summed E-state index contributed by atoms with van der Waals surface area (Å²) in [6, 6.07) is 5.45. The molecule has 4 aromatic rings. The molecule has 2 N–H and O–H groups in total. The SMILES string of the molecule is Cc1cc(C(C)Nc2ccc(Cl)nc2C(=O)O)c2nc(N3CC(C(F)(F)F)C3)n3cc(C(F)(F)F)nc3c2c1. The third-order valence-corrected chi connectivity index (χ3v) is 6.69. The van der Waals surface area contributed by atoms with Crippen LogP contribution in [-0.4, -0.2) is 49.7 Å². The van der Waals surface area contributed by atoms with Crippen LogP contribution in [0.4, 0.5) is 38.0 Å². The number of aryl methyl sites for hydroxylation is 1. The average molecular weight is 573 g/mol. The van der Waals surface area contributed by atoms with Crippen molar-refractivity contribution < 1.29 is 36.2 Å². The van der Waals surface area contributed by atoms with E-state index in [-0.39, 0.29) is 39.0 Å². The lowest BCUT2D eigenvalue weighted by Gasteiger charge is -2.40. The van der Waals surface area contributed by atoms with Crippen LogP contribution in [0.5, 0.6) is 0 Å². The number of aromatic nitrogens is 4. The van der Waals surface area contributed by atoms with Crippen molar-refractivity contribution in [3.63, 3.8) is 0 Å². The zero-order valence-corrected chi connectivity index (χ0v) is 20.9. The predicted molar refractivity (Wildman–Crippen MR) is 130 cm³/mol. The van der Waals surface area contributed by atoms with E-state index in [2.05, 4.69) is 20.3 Å². The molecule has 1 saturated heterocycles. The Morgan fingerprint density at radius 3 is 2.44 bits per heavy atom. The van der Waals surface area contributed by atoms with Gasteiger partial charge in [-0.15, -0.1) is 0 Å². The second-order valence-electron chi connectivity index (χ2n) is 9.32. The second kappa shape index (κ2) is 9.14. The first-order valence-electron chi connectivity index (χ1n) is 11.5. The summed E-state index contributed by atoms with van der Waals surface area (Å²) >= 11 is 5.83. The predicted octanol–water partition coefficient (Wildman–Crippen LogP) is 6.13. The van der Waals surface area contributed by atoms with Gasteiger partial charge < -0.3 is 15.3 Å². The van der Waals surface area contributed by atoms with Gasteiger partial charge in [-0.3, -0.25) is 4.40 Å². The number of nitrogens with zero attached hydrogens (tertiary/aromatic N) is 5. The highest BCUT2D eigenvalue weighted by Gasteiger charge is 2.48. The number of hydrogen-bond donors (Lipinski definition) is 2. The molecule has 206 valence electrons. The number of pyridine rings is 1. The van der Waals surface area contributed by atoms with Crippen LogP contribution >= 0.6 is 11.6 Å². The van der Waals surface area contributed by atoms with E-state index in [1.807, 2.05) is 0 Å². The van der Waals surface area contributed by atoms with E-state index < -0.39 is 49.1 Å². The Morgan fingerprint density at radius 2 is 1.82 bits per heavy atom. The number of carboxylic acid groups (broad SMARTS) is 1. The monoisotopic (exact) mass is 572 g/mol. The number of alkyl halides is 6. The topological polar surface area (TPSA) is 95.6 Å². The van der Waals surface area contributed by atoms with E-state index in [1.165, 1.54) is 17.0 Å². The first kappa shape index (κ1) is 26.8. The van der Waals surface area contributed by atoms with E-state index in [0.29, 0.717) is 11.1 Å². The highest BCUT2D eigenvalue weighted by molar-refractivity contribution is 6.29. The molecule has 1 unspecified atom stereocenters. The van der Waals surface area contributed by atoms with Gasteiger partial charge in [0.25, 0.3) is 0 Å². The van der Waals surface area contributed by atoms with Crippen LogP contribution in [0.15, 0.2) is 30.5 Å². The number of rotatable bonds is 5. The molecular formula is C24H19ClF6N6O2. The highest BCUT2D eigenvalue weighted by atomic mass is 35.5. The standard InChI is InChI=1S/C24H19ClF6N6O2/c1-10-5-13(11(2)32-15-3-4-17(25)34-19(15)21(38)39)18-14(6-10)20-33-16(24(29,30)31)9-37(20)22(35-18)36-7-12(8-36)23(26,27)28/h3-6,9,11-12,32H,7-8H2,1-2H3,(H,38,39). The fourth-order valence-electron chi connectivity index (χ4n) is 4.54. The Hall–Kier alpha value is -3.81. The van der Waals surface area contributed by atoms with Crippen molar-refractivity contribution in [2.75, 3.05) is 23.3 Å². The summed E-state index contributed by atoms with van der Waals surface area (Å²) in [6.45, 7) is 2.45. The molecule has 1 atom stereocenters. The van der Waals surface area contributed by atoms with Crippen LogP contribution in [0.2, 0.25) is 5.15 Å². The van der Waals surface area contributed by atoms with Crippen molar-refractivity contribution in [1.29, 1.82) is 0 Å². The number of benzene rings is 1. The van der Waals surface area contributed by atoms with Gasteiger partial charge in [0, 0.05) is 30.2 Å². The fourth-order valence-corrected chi connectivity index (χ4v) is 4.69. The molecule has 0 radical (unpaired) electrons. The van der Waals surface area contributed by atoms with E-state index >= 15 is 0 Å². The van der Waals surface area contributed by atoms with Gasteiger partial charge in [-0.2, -0.15) is 26.3 Å². The molecule has 3 aromatic heterocycles. The maximum Gasteiger partial charge on any atom is 0.434 e. The number of anilines is 2. The normalized spacial score (nSPS) is 15.6. The van der Waals surface area contributed by atoms with Crippen LogP contribution in [0, 0.1) is 12.8 Å². The summed E-state index contributed by atoms with van der Waals surface area (Å²) in [4.78, 5) is 25.1. The number of carboxylic acids is 1. The molecule has 5 rings (SSSR count). The molecule has 4 heterocycles. The molecule has 39 heavy (non-hydrogen) atoms. The van der Waals surface area contributed by atoms with Gasteiger partial charge in [0.15, 0.2) is 11.4 Å². The number of fused-ring (bicyclic) bond motifs is 3. The first-order valence-corrected chi connectivity index (χ1v) is 11.9. The van der Waals surface area contributed by atoms with E-state index in [1.54, 1.807) is 26.0 Å². The van der Waals surface area contributed by atoms with E-state index in [9.17, 15) is 36.2 Å². The summed E-state index contributed by atoms with van der Waals surface area (Å²) in [5.41, 5.74) is -0.225. The van der Waals surface area contributed by atoms with Crippen LogP contribution in [0.25, 0.3) is 16.6 Å². The lowest BCUT2D eigenvalue weighted by Crippen LogP contribution is -2.54. The van der Waals surface area contributed by atoms with Crippen LogP contribution in [-0.2, 0) is 6.18 Å². The minimum Gasteiger partial charge on any atom is -0.476 e. The number of nitrogens with one attached hydrogen (secondary N) is 1. The average Bonchev–Trinajstić information content (AvgIpc) is 3.25. The third kappa shape index (κ3) is 4.88. The molecule has 0 spiro atoms. The minimum atomic E-state index is -4.80. The number of carbonyl (C=O) groups is 1. The molecule has 1 aromatic carbocycles. The summed E-state index contributed by atoms with van der Waals surface area (Å²) in [6.07, 6.45) is -8.52. The van der Waals surface area contributed by atoms with Crippen molar-refractivity contribution in [3.05, 3.63) is 58.1 Å². The summed E-state index contributed by atoms with van der Waals surface area (Å²) in [5, 5.41) is 12.8. The Balaban J connectivity index is 1.67. The number of halogens is 7. The molecule has 0 bridgehead atoms. The third-order valence-electron chi connectivity index (χ3n) is 6.48. The summed E-state index contributed by atoms with van der Waals surface area (Å²) in [7, 11) is 0. The maximum absolute atomic E-state index is 13.6. The minimum absolute atomic E-state index is 0.0354. The van der Waals surface area contributed by atoms with Gasteiger partial charge >= 0.3 is 18.3 Å². The molecule has 1 fully saturated rings. The van der Waals surface area contributed by atoms with Crippen molar-refractivity contribution in [3.8, 4) is 0 Å². The van der Waals surface area contributed by atoms with Gasteiger partial charge in [-0.25, -0.2) is 19.7 Å². The number of hydrogen-bond acceptors (Lipinski definition) is 6. The summed E-state index contributed by atoms with van der Waals surface area (Å²) in [5.74, 6) is -3.09. The van der Waals surface area contributed by atoms with Gasteiger partial charge in [-0.1, -0.05) is 17.7 Å². The molecule has 0 aliphatic carbocycles. The number of aromatic carboxylic acids is 1. The van der Waals surface area contributed by atoms with Crippen LogP contribution in [0.1, 0.15) is 40.3 Å². The highest BCUT2D eigenvalue weighted by Crippen LogP contribution is 2.39. The van der Waals surface area contributed by atoms with Gasteiger partial charge in [0.1, 0.15) is 10.8 Å². The number of imidazole rings is 1. The maximum atomic E-state index is 13.6. The second-order valence-corrected chi connectivity index (χ2v) is 9.71. The lowest BCUT2D eigenvalue weighted by molar-refractivity contribution is -0.180. The molecular weight excluding hydrogens is 554 g/mol. The molecule has 8 nitrogen and oxygen atoms in total. The van der Waals surface area contributed by atoms with E-state index in [0.717, 1.165) is 10.6 Å². The Morgan fingerprint density at radius 1 is 1.13 bits per heavy atom. The fraction of sp³-hybridized carbons (Fsp3) is 0.333. The van der Waals surface area contributed by atoms with Crippen molar-refractivity contribution >= 4 is 45.8 Å². The molecule has 15 heteroatoms. The quantitative estimate of drug-likeness (QED) is 0.219. The molecule has 1 aliphatic heterocycles. The Kier molecular flexibility index (Phi) is 6.28. The largest absolute Gasteiger partial charge is 0.476 e. The first-order chi connectivity index (χ1) is 18.1. The smallest absolute Gasteiger partial charge is 0.434 e. The molecule has 0 saturated carbocycles. The van der Waals surface area contributed by atoms with Crippen molar-refractivity contribution in [1.82, 2.24) is 19.4 Å². The zero-order valence-electron chi connectivity index (χ0n) is 20.2. The van der Waals surface area contributed by atoms with Gasteiger partial charge in [0.2, 0.25) is 5.95 Å².